The third-order valence-electron chi connectivity index (χ3n) is 4.28. The lowest BCUT2D eigenvalue weighted by Gasteiger charge is -2.39. The van der Waals surface area contributed by atoms with Gasteiger partial charge in [0.05, 0.1) is 12.0 Å². The van der Waals surface area contributed by atoms with Crippen molar-refractivity contribution in [2.45, 2.75) is 37.7 Å². The van der Waals surface area contributed by atoms with Gasteiger partial charge >= 0.3 is 0 Å². The van der Waals surface area contributed by atoms with Gasteiger partial charge in [-0.1, -0.05) is 0 Å². The Morgan fingerprint density at radius 2 is 2.25 bits per heavy atom. The fourth-order valence-corrected chi connectivity index (χ4v) is 2.90. The Labute approximate surface area is 125 Å². The number of anilines is 2. The molecule has 2 N–H and O–H groups in total. The van der Waals surface area contributed by atoms with Crippen molar-refractivity contribution in [1.82, 2.24) is 0 Å². The van der Waals surface area contributed by atoms with Crippen molar-refractivity contribution in [2.24, 2.45) is 0 Å². The van der Waals surface area contributed by atoms with Crippen LogP contribution in [0.3, 0.4) is 0 Å². The zero-order chi connectivity index (χ0) is 13.3. The van der Waals surface area contributed by atoms with Crippen LogP contribution in [0.15, 0.2) is 18.2 Å². The van der Waals surface area contributed by atoms with Gasteiger partial charge in [-0.3, -0.25) is 4.79 Å². The van der Waals surface area contributed by atoms with E-state index < -0.39 is 0 Å². The SMILES string of the molecule is COC1(CC(=O)Nc2ccc3c(c2)CCN3)CCC1.Cl. The molecule has 2 aliphatic rings. The van der Waals surface area contributed by atoms with Crippen LogP contribution in [0.2, 0.25) is 0 Å². The Morgan fingerprint density at radius 1 is 1.45 bits per heavy atom. The van der Waals surface area contributed by atoms with Gasteiger partial charge in [0.1, 0.15) is 0 Å². The fraction of sp³-hybridized carbons (Fsp3) is 0.533. The maximum atomic E-state index is 12.1. The third kappa shape index (κ3) is 2.91. The van der Waals surface area contributed by atoms with Gasteiger partial charge in [0.25, 0.3) is 0 Å². The summed E-state index contributed by atoms with van der Waals surface area (Å²) in [6.45, 7) is 0.986. The number of fused-ring (bicyclic) bond motifs is 1. The lowest BCUT2D eigenvalue weighted by Crippen LogP contribution is -2.42. The zero-order valence-corrected chi connectivity index (χ0v) is 12.5. The van der Waals surface area contributed by atoms with E-state index in [1.807, 2.05) is 12.1 Å². The quantitative estimate of drug-likeness (QED) is 0.898. The number of benzene rings is 1. The van der Waals surface area contributed by atoms with Gasteiger partial charge in [0.15, 0.2) is 0 Å². The Morgan fingerprint density at radius 3 is 2.90 bits per heavy atom. The number of amides is 1. The van der Waals surface area contributed by atoms with Gasteiger partial charge in [-0.2, -0.15) is 0 Å². The van der Waals surface area contributed by atoms with Crippen LogP contribution in [0.1, 0.15) is 31.2 Å². The summed E-state index contributed by atoms with van der Waals surface area (Å²) in [4.78, 5) is 12.1. The predicted octanol–water partition coefficient (Wildman–Crippen LogP) is 2.97. The molecule has 5 heteroatoms. The summed E-state index contributed by atoms with van der Waals surface area (Å²) in [6, 6.07) is 6.05. The van der Waals surface area contributed by atoms with Crippen LogP contribution in [0.25, 0.3) is 0 Å². The van der Waals surface area contributed by atoms with Crippen molar-refractivity contribution in [1.29, 1.82) is 0 Å². The third-order valence-corrected chi connectivity index (χ3v) is 4.28. The summed E-state index contributed by atoms with van der Waals surface area (Å²) in [5.74, 6) is 0.0486. The maximum absolute atomic E-state index is 12.1. The highest BCUT2D eigenvalue weighted by molar-refractivity contribution is 5.92. The summed E-state index contributed by atoms with van der Waals surface area (Å²) in [5, 5.41) is 6.30. The highest BCUT2D eigenvalue weighted by Crippen LogP contribution is 2.38. The highest BCUT2D eigenvalue weighted by atomic mass is 35.5. The minimum Gasteiger partial charge on any atom is -0.384 e. The van der Waals surface area contributed by atoms with Crippen LogP contribution in [-0.2, 0) is 16.0 Å². The van der Waals surface area contributed by atoms with Gasteiger partial charge in [-0.05, 0) is 49.4 Å². The molecule has 1 saturated carbocycles. The van der Waals surface area contributed by atoms with E-state index in [0.717, 1.165) is 37.9 Å². The number of hydrogen-bond donors (Lipinski definition) is 2. The first kappa shape index (κ1) is 15.1. The predicted molar refractivity (Wildman–Crippen MR) is 82.7 cm³/mol. The Hall–Kier alpha value is -1.26. The molecule has 3 rings (SSSR count). The van der Waals surface area contributed by atoms with Crippen LogP contribution in [0, 0.1) is 0 Å². The second kappa shape index (κ2) is 6.02. The number of ether oxygens (including phenoxy) is 1. The second-order valence-corrected chi connectivity index (χ2v) is 5.51. The summed E-state index contributed by atoms with van der Waals surface area (Å²) in [7, 11) is 1.70. The molecule has 0 aromatic heterocycles. The van der Waals surface area contributed by atoms with E-state index in [2.05, 4.69) is 16.7 Å². The van der Waals surface area contributed by atoms with E-state index in [1.54, 1.807) is 7.11 Å². The van der Waals surface area contributed by atoms with E-state index in [1.165, 1.54) is 11.3 Å². The topological polar surface area (TPSA) is 50.4 Å². The lowest BCUT2D eigenvalue weighted by molar-refractivity contribution is -0.129. The molecule has 0 bridgehead atoms. The fourth-order valence-electron chi connectivity index (χ4n) is 2.90. The second-order valence-electron chi connectivity index (χ2n) is 5.51. The number of nitrogens with one attached hydrogen (secondary N) is 2. The monoisotopic (exact) mass is 296 g/mol. The standard InChI is InChI=1S/C15H20N2O2.ClH/c1-19-15(6-2-7-15)10-14(18)17-12-3-4-13-11(9-12)5-8-16-13;/h3-4,9,16H,2,5-8,10H2,1H3,(H,17,18);1H. The summed E-state index contributed by atoms with van der Waals surface area (Å²) >= 11 is 0. The van der Waals surface area contributed by atoms with Gasteiger partial charge in [-0.25, -0.2) is 0 Å². The Balaban J connectivity index is 0.00000147. The van der Waals surface area contributed by atoms with Crippen LogP contribution in [0.5, 0.6) is 0 Å². The number of halogens is 1. The average Bonchev–Trinajstić information content (AvgIpc) is 2.81. The minimum atomic E-state index is -0.206. The molecule has 1 aliphatic heterocycles. The van der Waals surface area contributed by atoms with E-state index in [0.29, 0.717) is 6.42 Å². The lowest BCUT2D eigenvalue weighted by atomic mass is 9.77. The number of carbonyl (C=O) groups is 1. The molecule has 0 radical (unpaired) electrons. The molecule has 1 aromatic rings. The van der Waals surface area contributed by atoms with Crippen LogP contribution in [-0.4, -0.2) is 25.2 Å². The first-order chi connectivity index (χ1) is 9.21. The van der Waals surface area contributed by atoms with Crippen molar-refractivity contribution in [3.8, 4) is 0 Å². The minimum absolute atomic E-state index is 0. The summed E-state index contributed by atoms with van der Waals surface area (Å²) in [6.07, 6.45) is 4.63. The molecule has 1 aromatic carbocycles. The average molecular weight is 297 g/mol. The van der Waals surface area contributed by atoms with Crippen LogP contribution >= 0.6 is 12.4 Å². The molecule has 4 nitrogen and oxygen atoms in total. The first-order valence-corrected chi connectivity index (χ1v) is 6.93. The van der Waals surface area contributed by atoms with Gasteiger partial charge in [0, 0.05) is 25.0 Å². The molecule has 0 unspecified atom stereocenters. The molecule has 0 atom stereocenters. The molecule has 110 valence electrons. The van der Waals surface area contributed by atoms with Gasteiger partial charge < -0.3 is 15.4 Å². The van der Waals surface area contributed by atoms with Gasteiger partial charge in [-0.15, -0.1) is 12.4 Å². The smallest absolute Gasteiger partial charge is 0.227 e. The number of hydrogen-bond acceptors (Lipinski definition) is 3. The normalized spacial score (nSPS) is 18.2. The molecule has 20 heavy (non-hydrogen) atoms. The molecular formula is C15H21ClN2O2. The largest absolute Gasteiger partial charge is 0.384 e. The van der Waals surface area contributed by atoms with Crippen molar-refractivity contribution in [3.05, 3.63) is 23.8 Å². The molecule has 0 spiro atoms. The molecule has 1 fully saturated rings. The maximum Gasteiger partial charge on any atom is 0.227 e. The van der Waals surface area contributed by atoms with Crippen molar-refractivity contribution >= 4 is 29.7 Å². The van der Waals surface area contributed by atoms with E-state index >= 15 is 0 Å². The molecule has 1 aliphatic carbocycles. The molecule has 1 heterocycles. The molecule has 1 amide bonds. The zero-order valence-electron chi connectivity index (χ0n) is 11.7. The summed E-state index contributed by atoms with van der Waals surface area (Å²) < 4.78 is 5.49. The van der Waals surface area contributed by atoms with E-state index in [4.69, 9.17) is 4.74 Å². The van der Waals surface area contributed by atoms with E-state index in [9.17, 15) is 4.79 Å². The highest BCUT2D eigenvalue weighted by Gasteiger charge is 2.38. The number of rotatable bonds is 4. The Kier molecular flexibility index (Phi) is 4.55. The number of methoxy groups -OCH3 is 1. The van der Waals surface area contributed by atoms with Gasteiger partial charge in [0.2, 0.25) is 5.91 Å². The molecule has 0 saturated heterocycles. The van der Waals surface area contributed by atoms with Crippen LogP contribution in [0.4, 0.5) is 11.4 Å². The van der Waals surface area contributed by atoms with Crippen molar-refractivity contribution in [2.75, 3.05) is 24.3 Å². The first-order valence-electron chi connectivity index (χ1n) is 6.93. The Bertz CT molecular complexity index is 495. The van der Waals surface area contributed by atoms with E-state index in [-0.39, 0.29) is 23.9 Å². The van der Waals surface area contributed by atoms with Crippen molar-refractivity contribution in [3.63, 3.8) is 0 Å². The summed E-state index contributed by atoms with van der Waals surface area (Å²) in [5.41, 5.74) is 3.15. The van der Waals surface area contributed by atoms with Crippen LogP contribution < -0.4 is 10.6 Å². The molecular weight excluding hydrogens is 276 g/mol. The number of carbonyl (C=O) groups excluding carboxylic acids is 1. The van der Waals surface area contributed by atoms with Crippen molar-refractivity contribution < 1.29 is 9.53 Å².